The molecule has 0 aliphatic heterocycles. The Bertz CT molecular complexity index is 30.6. The lowest BCUT2D eigenvalue weighted by atomic mass is 10.9. The van der Waals surface area contributed by atoms with Crippen molar-refractivity contribution in [2.45, 2.75) is 6.92 Å². The normalized spacial score (nSPS) is 5.00. The van der Waals surface area contributed by atoms with Crippen LogP contribution in [0.15, 0.2) is 0 Å². The van der Waals surface area contributed by atoms with E-state index in [0.717, 1.165) is 6.92 Å². The van der Waals surface area contributed by atoms with Crippen LogP contribution >= 0.6 is 17.0 Å². The Morgan fingerprint density at radius 2 is 1.60 bits per heavy atom. The minimum Gasteiger partial charge on any atom is -0.248 e. The van der Waals surface area contributed by atoms with Gasteiger partial charge in [-0.15, -0.1) is 17.0 Å². The minimum atomic E-state index is -1.08. The molecule has 1 radical (unpaired) electrons. The van der Waals surface area contributed by atoms with Crippen LogP contribution in [-0.2, 0) is 9.90 Å². The van der Waals surface area contributed by atoms with Crippen LogP contribution in [0.1, 0.15) is 6.92 Å². The van der Waals surface area contributed by atoms with Gasteiger partial charge in [-0.3, -0.25) is 0 Å². The monoisotopic (exact) mass is 139 g/mol. The van der Waals surface area contributed by atoms with Gasteiger partial charge < -0.3 is 0 Å². The maximum Gasteiger partial charge on any atom is 0.352 e. The quantitative estimate of drug-likeness (QED) is 0.483. The lowest BCUT2D eigenvalue weighted by molar-refractivity contribution is -0.140. The Labute approximate surface area is 40.6 Å². The molecule has 0 rings (SSSR count). The Kier molecular flexibility index (Phi) is 7.01. The second-order valence-corrected chi connectivity index (χ2v) is 0.492. The van der Waals surface area contributed by atoms with Crippen molar-refractivity contribution in [3.8, 4) is 0 Å². The highest BCUT2D eigenvalue weighted by molar-refractivity contribution is 8.93. The number of hydrogen-bond donors (Lipinski definition) is 0. The lowest BCUT2D eigenvalue weighted by Gasteiger charge is -1.50. The van der Waals surface area contributed by atoms with Crippen molar-refractivity contribution >= 4 is 23.0 Å². The smallest absolute Gasteiger partial charge is 0.248 e. The molecule has 3 heteroatoms. The zero-order valence-corrected chi connectivity index (χ0v) is 4.44. The predicted octanol–water partition coefficient (Wildman–Crippen LogP) is 0.541. The maximum absolute atomic E-state index is 8.89. The van der Waals surface area contributed by atoms with Crippen LogP contribution in [0.4, 0.5) is 0 Å². The molecule has 0 unspecified atom stereocenters. The van der Waals surface area contributed by atoms with Crippen LogP contribution in [0.2, 0.25) is 0 Å². The summed E-state index contributed by atoms with van der Waals surface area (Å²) in [7, 11) is 0. The number of carbonyl (C=O) groups is 1. The van der Waals surface area contributed by atoms with Crippen molar-refractivity contribution in [2.75, 3.05) is 0 Å². The second kappa shape index (κ2) is 3.95. The molecule has 0 aliphatic rings. The van der Waals surface area contributed by atoms with Crippen LogP contribution in [-0.4, -0.2) is 5.97 Å². The molecule has 0 saturated carbocycles. The van der Waals surface area contributed by atoms with Crippen molar-refractivity contribution in [3.63, 3.8) is 0 Å². The highest BCUT2D eigenvalue weighted by Gasteiger charge is 1.71. The number of hydrogen-bond acceptors (Lipinski definition) is 1. The first kappa shape index (κ1) is 8.87. The zero-order valence-electron chi connectivity index (χ0n) is 2.72. The van der Waals surface area contributed by atoms with Crippen molar-refractivity contribution in [2.24, 2.45) is 0 Å². The maximum atomic E-state index is 8.89. The summed E-state index contributed by atoms with van der Waals surface area (Å²) in [5.74, 6) is -1.08. The molecule has 0 aromatic carbocycles. The Morgan fingerprint density at radius 1 is 1.60 bits per heavy atom. The molecule has 0 amide bonds. The number of halogens is 1. The zero-order chi connectivity index (χ0) is 3.58. The first-order chi connectivity index (χ1) is 1.73. The van der Waals surface area contributed by atoms with Gasteiger partial charge in [0.2, 0.25) is 0 Å². The summed E-state index contributed by atoms with van der Waals surface area (Å²) < 4.78 is 0. The van der Waals surface area contributed by atoms with E-state index >= 15 is 0 Å². The van der Waals surface area contributed by atoms with Crippen molar-refractivity contribution in [1.29, 1.82) is 0 Å². The van der Waals surface area contributed by atoms with Crippen LogP contribution < -0.4 is 0 Å². The van der Waals surface area contributed by atoms with E-state index in [1.807, 2.05) is 0 Å². The summed E-state index contributed by atoms with van der Waals surface area (Å²) >= 11 is 0. The van der Waals surface area contributed by atoms with Crippen molar-refractivity contribution < 1.29 is 9.90 Å². The van der Waals surface area contributed by atoms with Crippen LogP contribution in [0.3, 0.4) is 0 Å². The van der Waals surface area contributed by atoms with E-state index in [2.05, 4.69) is 0 Å². The fraction of sp³-hybridized carbons (Fsp3) is 0.500. The molecule has 0 aromatic rings. The standard InChI is InChI=1S/C2H3O2.BrH/c1-2(3)4;/h1H3;1H. The molecule has 0 heterocycles. The molecule has 0 saturated heterocycles. The first-order valence-electron chi connectivity index (χ1n) is 0.908. The molecule has 0 atom stereocenters. The van der Waals surface area contributed by atoms with Gasteiger partial charge in [-0.05, 0) is 0 Å². The minimum absolute atomic E-state index is 0. The highest BCUT2D eigenvalue weighted by Crippen LogP contribution is 1.45. The molecular weight excluding hydrogens is 136 g/mol. The topological polar surface area (TPSA) is 37.0 Å². The molecular formula is C2H4BrO2. The van der Waals surface area contributed by atoms with Crippen LogP contribution in [0, 0.1) is 0 Å². The van der Waals surface area contributed by atoms with Crippen molar-refractivity contribution in [1.82, 2.24) is 0 Å². The average molecular weight is 140 g/mol. The third kappa shape index (κ3) is 6010. The molecule has 0 bridgehead atoms. The van der Waals surface area contributed by atoms with E-state index in [1.54, 1.807) is 0 Å². The van der Waals surface area contributed by atoms with Crippen LogP contribution in [0.5, 0.6) is 0 Å². The molecule has 0 spiro atoms. The van der Waals surface area contributed by atoms with Gasteiger partial charge in [0.1, 0.15) is 0 Å². The number of rotatable bonds is 0. The molecule has 0 aliphatic carbocycles. The van der Waals surface area contributed by atoms with E-state index in [1.165, 1.54) is 0 Å². The Balaban J connectivity index is 0. The number of carbonyl (C=O) groups excluding carboxylic acids is 1. The van der Waals surface area contributed by atoms with Gasteiger partial charge >= 0.3 is 5.97 Å². The summed E-state index contributed by atoms with van der Waals surface area (Å²) in [5.41, 5.74) is 0. The van der Waals surface area contributed by atoms with E-state index in [9.17, 15) is 0 Å². The fourth-order valence-corrected chi connectivity index (χ4v) is 0. The van der Waals surface area contributed by atoms with E-state index in [0.29, 0.717) is 0 Å². The fourth-order valence-electron chi connectivity index (χ4n) is 0. The van der Waals surface area contributed by atoms with Gasteiger partial charge in [-0.25, -0.2) is 9.90 Å². The Morgan fingerprint density at radius 3 is 1.60 bits per heavy atom. The van der Waals surface area contributed by atoms with Gasteiger partial charge in [-0.1, -0.05) is 0 Å². The van der Waals surface area contributed by atoms with Crippen molar-refractivity contribution in [3.05, 3.63) is 0 Å². The van der Waals surface area contributed by atoms with Crippen LogP contribution in [0.25, 0.3) is 0 Å². The third-order valence-electron chi connectivity index (χ3n) is 0. The SMILES string of the molecule is Br.CC([O])=O. The largest absolute Gasteiger partial charge is 0.352 e. The predicted molar refractivity (Wildman–Crippen MR) is 21.7 cm³/mol. The van der Waals surface area contributed by atoms with E-state index in [-0.39, 0.29) is 17.0 Å². The van der Waals surface area contributed by atoms with Gasteiger partial charge in [0.15, 0.2) is 0 Å². The summed E-state index contributed by atoms with van der Waals surface area (Å²) in [6, 6.07) is 0. The summed E-state index contributed by atoms with van der Waals surface area (Å²) in [6.07, 6.45) is 0. The summed E-state index contributed by atoms with van der Waals surface area (Å²) in [5, 5.41) is 8.89. The van der Waals surface area contributed by atoms with Gasteiger partial charge in [0.25, 0.3) is 0 Å². The molecule has 0 aromatic heterocycles. The molecule has 31 valence electrons. The molecule has 2 nitrogen and oxygen atoms in total. The van der Waals surface area contributed by atoms with E-state index < -0.39 is 5.97 Å². The molecule has 5 heavy (non-hydrogen) atoms. The first-order valence-corrected chi connectivity index (χ1v) is 0.908. The lowest BCUT2D eigenvalue weighted by Crippen LogP contribution is -1.74. The molecule has 0 N–H and O–H groups in total. The highest BCUT2D eigenvalue weighted by atomic mass is 79.9. The molecule has 0 fully saturated rings. The average Bonchev–Trinajstić information content (AvgIpc) is 0.811. The van der Waals surface area contributed by atoms with Gasteiger partial charge in [0, 0.05) is 6.92 Å². The van der Waals surface area contributed by atoms with Gasteiger partial charge in [0.05, 0.1) is 0 Å². The Hall–Kier alpha value is -0.0500. The third-order valence-corrected chi connectivity index (χ3v) is 0. The summed E-state index contributed by atoms with van der Waals surface area (Å²) in [4.78, 5) is 8.89. The van der Waals surface area contributed by atoms with Gasteiger partial charge in [-0.2, -0.15) is 0 Å². The second-order valence-electron chi connectivity index (χ2n) is 0.492. The summed E-state index contributed by atoms with van der Waals surface area (Å²) in [6.45, 7) is 0.972. The van der Waals surface area contributed by atoms with E-state index in [4.69, 9.17) is 9.90 Å².